The predicted molar refractivity (Wildman–Crippen MR) is 77.2 cm³/mol. The maximum atomic E-state index is 14.2. The van der Waals surface area contributed by atoms with Crippen molar-refractivity contribution in [1.29, 1.82) is 0 Å². The molecular weight excluding hydrogens is 393 g/mol. The van der Waals surface area contributed by atoms with Crippen LogP contribution in [0.15, 0.2) is 0 Å². The topological polar surface area (TPSA) is 0 Å². The molecule has 27 heavy (non-hydrogen) atoms. The molecule has 0 aliphatic rings. The molecule has 0 amide bonds. The molecule has 0 radical (unpaired) electrons. The van der Waals surface area contributed by atoms with E-state index in [1.54, 1.807) is 0 Å². The Labute approximate surface area is 146 Å². The van der Waals surface area contributed by atoms with E-state index in [-0.39, 0.29) is 0 Å². The molecule has 2 aromatic carbocycles. The van der Waals surface area contributed by atoms with Crippen LogP contribution in [0.25, 0.3) is 0 Å². The molecule has 146 valence electrons. The zero-order chi connectivity index (χ0) is 21.0. The van der Waals surface area contributed by atoms with E-state index in [4.69, 9.17) is 0 Å². The molecule has 0 saturated heterocycles. The summed E-state index contributed by atoms with van der Waals surface area (Å²) in [5.74, 6) is -24.5. The second kappa shape index (κ2) is 6.76. The van der Waals surface area contributed by atoms with Crippen molar-refractivity contribution in [3.8, 4) is 0 Å². The van der Waals surface area contributed by atoms with Crippen molar-refractivity contribution in [2.24, 2.45) is 0 Å². The first-order valence-electron chi connectivity index (χ1n) is 7.26. The average molecular weight is 402 g/mol. The standard InChI is InChI=1S/C16H9BF10/c1-16(2,3)17(4-6(18)10(22)14(26)11(23)7(4)19)5-8(20)12(24)15(27)13(25)9(5)21/h1-3H3. The Morgan fingerprint density at radius 3 is 0.778 bits per heavy atom. The Hall–Kier alpha value is -2.20. The van der Waals surface area contributed by atoms with Gasteiger partial charge in [0.1, 0.15) is 0 Å². The molecule has 0 bridgehead atoms. The first-order valence-corrected chi connectivity index (χ1v) is 7.26. The summed E-state index contributed by atoms with van der Waals surface area (Å²) < 4.78 is 137. The number of hydrogen-bond acceptors (Lipinski definition) is 0. The van der Waals surface area contributed by atoms with Crippen molar-refractivity contribution >= 4 is 17.6 Å². The highest BCUT2D eigenvalue weighted by Gasteiger charge is 2.45. The number of halogens is 10. The van der Waals surface area contributed by atoms with Crippen LogP contribution >= 0.6 is 0 Å². The van der Waals surface area contributed by atoms with E-state index in [9.17, 15) is 43.9 Å². The fourth-order valence-electron chi connectivity index (χ4n) is 2.76. The molecular formula is C16H9BF10. The summed E-state index contributed by atoms with van der Waals surface area (Å²) in [6, 6.07) is 0. The zero-order valence-electron chi connectivity index (χ0n) is 13.9. The van der Waals surface area contributed by atoms with E-state index in [1.807, 2.05) is 0 Å². The summed E-state index contributed by atoms with van der Waals surface area (Å²) in [6.45, 7) is 0.793. The van der Waals surface area contributed by atoms with Crippen LogP contribution in [0.3, 0.4) is 0 Å². The van der Waals surface area contributed by atoms with Crippen molar-refractivity contribution in [1.82, 2.24) is 0 Å². The lowest BCUT2D eigenvalue weighted by Crippen LogP contribution is -2.55. The van der Waals surface area contributed by atoms with Crippen molar-refractivity contribution in [2.75, 3.05) is 0 Å². The molecule has 11 heteroatoms. The second-order valence-corrected chi connectivity index (χ2v) is 6.77. The van der Waals surface area contributed by atoms with E-state index < -0.39 is 81.1 Å². The van der Waals surface area contributed by atoms with E-state index in [0.717, 1.165) is 20.8 Å². The first-order chi connectivity index (χ1) is 12.2. The summed E-state index contributed by atoms with van der Waals surface area (Å²) in [4.78, 5) is 0. The lowest BCUT2D eigenvalue weighted by atomic mass is 9.28. The summed E-state index contributed by atoms with van der Waals surface area (Å²) in [5, 5.41) is -1.73. The summed E-state index contributed by atoms with van der Waals surface area (Å²) in [7, 11) is 0. The number of hydrogen-bond donors (Lipinski definition) is 0. The van der Waals surface area contributed by atoms with Crippen LogP contribution in [0.2, 0.25) is 5.31 Å². The maximum absolute atomic E-state index is 14.2. The SMILES string of the molecule is CC(C)(C)B(c1c(F)c(F)c(F)c(F)c1F)c1c(F)c(F)c(F)c(F)c1F. The van der Waals surface area contributed by atoms with Gasteiger partial charge in [0, 0.05) is 10.9 Å². The monoisotopic (exact) mass is 402 g/mol. The Kier molecular flexibility index (Phi) is 5.28. The average Bonchev–Trinajstić information content (AvgIpc) is 2.59. The van der Waals surface area contributed by atoms with Crippen LogP contribution in [0, 0.1) is 58.2 Å². The van der Waals surface area contributed by atoms with Crippen LogP contribution in [0.5, 0.6) is 0 Å². The van der Waals surface area contributed by atoms with Gasteiger partial charge in [-0.05, 0) is 5.31 Å². The third kappa shape index (κ3) is 3.16. The molecule has 0 saturated carbocycles. The minimum atomic E-state index is -2.53. The summed E-state index contributed by atoms with van der Waals surface area (Å²) in [6.07, 6.45) is 0. The molecule has 0 aliphatic heterocycles. The van der Waals surface area contributed by atoms with Crippen molar-refractivity contribution in [3.63, 3.8) is 0 Å². The summed E-state index contributed by atoms with van der Waals surface area (Å²) >= 11 is 0. The lowest BCUT2D eigenvalue weighted by molar-refractivity contribution is 0.381. The molecule has 2 aromatic rings. The van der Waals surface area contributed by atoms with Crippen molar-refractivity contribution in [3.05, 3.63) is 58.2 Å². The van der Waals surface area contributed by atoms with E-state index in [0.29, 0.717) is 0 Å². The quantitative estimate of drug-likeness (QED) is 0.301. The fourth-order valence-corrected chi connectivity index (χ4v) is 2.76. The Balaban J connectivity index is 3.04. The Morgan fingerprint density at radius 2 is 0.593 bits per heavy atom. The minimum absolute atomic E-state index is 1.06. The first kappa shape index (κ1) is 21.1. The third-order valence-electron chi connectivity index (χ3n) is 3.93. The molecule has 0 atom stereocenters. The van der Waals surface area contributed by atoms with Gasteiger partial charge in [-0.25, -0.2) is 43.9 Å². The molecule has 0 heterocycles. The molecule has 2 rings (SSSR count). The normalized spacial score (nSPS) is 11.9. The zero-order valence-corrected chi connectivity index (χ0v) is 13.9. The van der Waals surface area contributed by atoms with Gasteiger partial charge >= 0.3 is 0 Å². The van der Waals surface area contributed by atoms with Crippen LogP contribution < -0.4 is 10.9 Å². The highest BCUT2D eigenvalue weighted by Crippen LogP contribution is 2.31. The van der Waals surface area contributed by atoms with Gasteiger partial charge in [-0.15, -0.1) is 0 Å². The van der Waals surface area contributed by atoms with E-state index >= 15 is 0 Å². The Bertz CT molecular complexity index is 805. The number of rotatable bonds is 2. The highest BCUT2D eigenvalue weighted by molar-refractivity contribution is 6.87. The van der Waals surface area contributed by atoms with Gasteiger partial charge in [-0.2, -0.15) is 0 Å². The molecule has 0 N–H and O–H groups in total. The van der Waals surface area contributed by atoms with Gasteiger partial charge in [0.15, 0.2) is 58.2 Å². The summed E-state index contributed by atoms with van der Waals surface area (Å²) in [5.41, 5.74) is -3.41. The highest BCUT2D eigenvalue weighted by atomic mass is 19.2. The molecule has 0 unspecified atom stereocenters. The second-order valence-electron chi connectivity index (χ2n) is 6.77. The molecule has 0 aliphatic carbocycles. The lowest BCUT2D eigenvalue weighted by Gasteiger charge is -2.30. The predicted octanol–water partition coefficient (Wildman–Crippen LogP) is 4.49. The van der Waals surface area contributed by atoms with Gasteiger partial charge in [0.25, 0.3) is 0 Å². The van der Waals surface area contributed by atoms with E-state index in [2.05, 4.69) is 0 Å². The molecule has 0 nitrogen and oxygen atoms in total. The van der Waals surface area contributed by atoms with Crippen molar-refractivity contribution in [2.45, 2.75) is 26.1 Å². The van der Waals surface area contributed by atoms with Gasteiger partial charge in [0.05, 0.1) is 0 Å². The van der Waals surface area contributed by atoms with E-state index in [1.165, 1.54) is 0 Å². The van der Waals surface area contributed by atoms with Crippen LogP contribution in [0.1, 0.15) is 20.8 Å². The fraction of sp³-hybridized carbons (Fsp3) is 0.250. The molecule has 0 spiro atoms. The third-order valence-corrected chi connectivity index (χ3v) is 3.93. The number of benzene rings is 2. The van der Waals surface area contributed by atoms with Gasteiger partial charge in [-0.1, -0.05) is 20.8 Å². The smallest absolute Gasteiger partial charge is 0.204 e. The van der Waals surface area contributed by atoms with Gasteiger partial charge in [0.2, 0.25) is 6.71 Å². The minimum Gasteiger partial charge on any atom is -0.204 e. The van der Waals surface area contributed by atoms with Crippen LogP contribution in [-0.2, 0) is 0 Å². The largest absolute Gasteiger partial charge is 0.230 e. The Morgan fingerprint density at radius 1 is 0.407 bits per heavy atom. The van der Waals surface area contributed by atoms with Crippen molar-refractivity contribution < 1.29 is 43.9 Å². The van der Waals surface area contributed by atoms with Crippen LogP contribution in [-0.4, -0.2) is 6.71 Å². The van der Waals surface area contributed by atoms with Crippen LogP contribution in [0.4, 0.5) is 43.9 Å². The molecule has 0 aromatic heterocycles. The molecule has 0 fully saturated rings. The maximum Gasteiger partial charge on any atom is 0.230 e. The van der Waals surface area contributed by atoms with Gasteiger partial charge < -0.3 is 0 Å². The van der Waals surface area contributed by atoms with Gasteiger partial charge in [-0.3, -0.25) is 0 Å².